The van der Waals surface area contributed by atoms with Gasteiger partial charge in [0.25, 0.3) is 0 Å². The first-order chi connectivity index (χ1) is 7.63. The highest BCUT2D eigenvalue weighted by Gasteiger charge is 2.24. The van der Waals surface area contributed by atoms with E-state index in [1.807, 2.05) is 0 Å². The fraction of sp³-hybridized carbons (Fsp3) is 0.300. The molecule has 1 aliphatic rings. The van der Waals surface area contributed by atoms with Crippen molar-refractivity contribution in [1.82, 2.24) is 0 Å². The summed E-state index contributed by atoms with van der Waals surface area (Å²) in [4.78, 5) is 11.0. The number of ether oxygens (including phenoxy) is 2. The van der Waals surface area contributed by atoms with Gasteiger partial charge in [-0.25, -0.2) is 0 Å². The number of carbonyl (C=O) groups is 1. The van der Waals surface area contributed by atoms with Crippen LogP contribution in [0.5, 0.6) is 11.5 Å². The molecule has 1 unspecified atom stereocenters. The topological polar surface area (TPSA) is 81.8 Å². The Morgan fingerprint density at radius 3 is 2.94 bits per heavy atom. The van der Waals surface area contributed by atoms with Gasteiger partial charge in [0.05, 0.1) is 10.4 Å². The largest absolute Gasteiger partial charge is 0.481 e. The number of carboxylic acid groups (broad SMARTS) is 1. The molecule has 1 aromatic carbocycles. The van der Waals surface area contributed by atoms with E-state index >= 15 is 0 Å². The van der Waals surface area contributed by atoms with Gasteiger partial charge in [0.2, 0.25) is 6.79 Å². The second-order valence-corrected chi connectivity index (χ2v) is 4.22. The highest BCUT2D eigenvalue weighted by Crippen LogP contribution is 2.41. The van der Waals surface area contributed by atoms with Crippen molar-refractivity contribution >= 4 is 21.9 Å². The third-order valence-electron chi connectivity index (χ3n) is 2.39. The maximum atomic E-state index is 11.0. The minimum atomic E-state index is -0.951. The van der Waals surface area contributed by atoms with E-state index < -0.39 is 11.9 Å². The van der Waals surface area contributed by atoms with Crippen LogP contribution in [0.3, 0.4) is 0 Å². The van der Waals surface area contributed by atoms with Crippen molar-refractivity contribution < 1.29 is 19.4 Å². The van der Waals surface area contributed by atoms with Crippen LogP contribution >= 0.6 is 15.9 Å². The molecule has 5 nitrogen and oxygen atoms in total. The van der Waals surface area contributed by atoms with Gasteiger partial charge in [0.1, 0.15) is 0 Å². The predicted octanol–water partition coefficient (Wildman–Crippen LogP) is 1.30. The van der Waals surface area contributed by atoms with Crippen LogP contribution in [0.2, 0.25) is 0 Å². The fourth-order valence-electron chi connectivity index (χ4n) is 1.57. The van der Waals surface area contributed by atoms with E-state index in [0.29, 0.717) is 21.5 Å². The predicted molar refractivity (Wildman–Crippen MR) is 59.7 cm³/mol. The second-order valence-electron chi connectivity index (χ2n) is 3.36. The van der Waals surface area contributed by atoms with E-state index in [-0.39, 0.29) is 13.3 Å². The van der Waals surface area contributed by atoms with Crippen molar-refractivity contribution in [2.24, 2.45) is 5.73 Å². The zero-order valence-corrected chi connectivity index (χ0v) is 9.86. The third kappa shape index (κ3) is 1.85. The van der Waals surface area contributed by atoms with Gasteiger partial charge in [0.15, 0.2) is 11.5 Å². The van der Waals surface area contributed by atoms with Crippen LogP contribution in [0.25, 0.3) is 0 Å². The molecule has 0 radical (unpaired) electrons. The molecule has 86 valence electrons. The van der Waals surface area contributed by atoms with Gasteiger partial charge in [0, 0.05) is 6.54 Å². The molecule has 1 atom stereocenters. The smallest absolute Gasteiger partial charge is 0.312 e. The van der Waals surface area contributed by atoms with Gasteiger partial charge < -0.3 is 20.3 Å². The number of halogens is 1. The molecule has 6 heteroatoms. The molecular formula is C10H10BrNO4. The maximum absolute atomic E-state index is 11.0. The van der Waals surface area contributed by atoms with Crippen molar-refractivity contribution in [2.75, 3.05) is 13.3 Å². The van der Waals surface area contributed by atoms with Gasteiger partial charge in [-0.05, 0) is 33.6 Å². The zero-order valence-electron chi connectivity index (χ0n) is 8.27. The average Bonchev–Trinajstić information content (AvgIpc) is 2.66. The van der Waals surface area contributed by atoms with Gasteiger partial charge in [-0.2, -0.15) is 0 Å². The van der Waals surface area contributed by atoms with Crippen LogP contribution < -0.4 is 15.2 Å². The average molecular weight is 288 g/mol. The van der Waals surface area contributed by atoms with Crippen molar-refractivity contribution in [3.05, 3.63) is 22.2 Å². The van der Waals surface area contributed by atoms with Crippen LogP contribution in [0.4, 0.5) is 0 Å². The number of carboxylic acids is 1. The second kappa shape index (κ2) is 4.31. The normalized spacial score (nSPS) is 14.9. The van der Waals surface area contributed by atoms with Crippen molar-refractivity contribution in [3.63, 3.8) is 0 Å². The highest BCUT2D eigenvalue weighted by molar-refractivity contribution is 9.10. The Hall–Kier alpha value is -1.27. The quantitative estimate of drug-likeness (QED) is 0.876. The summed E-state index contributed by atoms with van der Waals surface area (Å²) in [5, 5.41) is 9.00. The Balaban J connectivity index is 2.43. The molecule has 3 N–H and O–H groups in total. The summed E-state index contributed by atoms with van der Waals surface area (Å²) in [5.41, 5.74) is 6.04. The molecular weight excluding hydrogens is 278 g/mol. The third-order valence-corrected chi connectivity index (χ3v) is 2.97. The molecule has 0 saturated carbocycles. The maximum Gasteiger partial charge on any atom is 0.312 e. The minimum Gasteiger partial charge on any atom is -0.481 e. The van der Waals surface area contributed by atoms with Gasteiger partial charge in [-0.3, -0.25) is 4.79 Å². The summed E-state index contributed by atoms with van der Waals surface area (Å²) < 4.78 is 11.1. The standard InChI is InChI=1S/C10H10BrNO4/c11-7-1-5(6(3-12)10(13)14)2-8-9(7)16-4-15-8/h1-2,6H,3-4,12H2,(H,13,14). The number of hydrogen-bond donors (Lipinski definition) is 2. The lowest BCUT2D eigenvalue weighted by Gasteiger charge is -2.11. The molecule has 16 heavy (non-hydrogen) atoms. The van der Waals surface area contributed by atoms with Crippen molar-refractivity contribution in [1.29, 1.82) is 0 Å². The van der Waals surface area contributed by atoms with Gasteiger partial charge in [-0.15, -0.1) is 0 Å². The molecule has 0 aliphatic carbocycles. The molecule has 0 aromatic heterocycles. The van der Waals surface area contributed by atoms with Crippen LogP contribution in [0.1, 0.15) is 11.5 Å². The zero-order chi connectivity index (χ0) is 11.7. The van der Waals surface area contributed by atoms with Gasteiger partial charge >= 0.3 is 5.97 Å². The first-order valence-corrected chi connectivity index (χ1v) is 5.44. The van der Waals surface area contributed by atoms with Crippen LogP contribution in [-0.4, -0.2) is 24.4 Å². The molecule has 0 bridgehead atoms. The SMILES string of the molecule is NCC(C(=O)O)c1cc(Br)c2c(c1)OCO2. The van der Waals surface area contributed by atoms with Crippen LogP contribution in [0.15, 0.2) is 16.6 Å². The monoisotopic (exact) mass is 287 g/mol. The lowest BCUT2D eigenvalue weighted by atomic mass is 9.99. The van der Waals surface area contributed by atoms with E-state index in [9.17, 15) is 4.79 Å². The van der Waals surface area contributed by atoms with E-state index in [0.717, 1.165) is 0 Å². The van der Waals surface area contributed by atoms with Crippen LogP contribution in [0, 0.1) is 0 Å². The summed E-state index contributed by atoms with van der Waals surface area (Å²) in [6.07, 6.45) is 0. The van der Waals surface area contributed by atoms with Crippen LogP contribution in [-0.2, 0) is 4.79 Å². The van der Waals surface area contributed by atoms with E-state index in [2.05, 4.69) is 15.9 Å². The Kier molecular flexibility index (Phi) is 3.02. The number of rotatable bonds is 3. The van der Waals surface area contributed by atoms with Crippen molar-refractivity contribution in [3.8, 4) is 11.5 Å². The molecule has 1 aliphatic heterocycles. The molecule has 1 heterocycles. The first-order valence-electron chi connectivity index (χ1n) is 4.65. The summed E-state index contributed by atoms with van der Waals surface area (Å²) in [7, 11) is 0. The number of benzene rings is 1. The van der Waals surface area contributed by atoms with E-state index in [4.69, 9.17) is 20.3 Å². The molecule has 2 rings (SSSR count). The molecule has 0 fully saturated rings. The molecule has 0 spiro atoms. The first kappa shape index (κ1) is 11.2. The lowest BCUT2D eigenvalue weighted by molar-refractivity contribution is -0.138. The molecule has 0 amide bonds. The number of fused-ring (bicyclic) bond motifs is 1. The summed E-state index contributed by atoms with van der Waals surface area (Å²) in [6.45, 7) is 0.194. The fourth-order valence-corrected chi connectivity index (χ4v) is 2.14. The highest BCUT2D eigenvalue weighted by atomic mass is 79.9. The number of hydrogen-bond acceptors (Lipinski definition) is 4. The number of nitrogens with two attached hydrogens (primary N) is 1. The Morgan fingerprint density at radius 1 is 1.56 bits per heavy atom. The molecule has 0 saturated heterocycles. The Labute approximate surface area is 100 Å². The lowest BCUT2D eigenvalue weighted by Crippen LogP contribution is -2.21. The summed E-state index contributed by atoms with van der Waals surface area (Å²) in [5.74, 6) is -0.534. The minimum absolute atomic E-state index is 0.0431. The Bertz CT molecular complexity index is 435. The van der Waals surface area contributed by atoms with E-state index in [1.54, 1.807) is 12.1 Å². The summed E-state index contributed by atoms with van der Waals surface area (Å²) in [6, 6.07) is 3.35. The molecule has 1 aromatic rings. The van der Waals surface area contributed by atoms with E-state index in [1.165, 1.54) is 0 Å². The Morgan fingerprint density at radius 2 is 2.31 bits per heavy atom. The van der Waals surface area contributed by atoms with Crippen molar-refractivity contribution in [2.45, 2.75) is 5.92 Å². The summed E-state index contributed by atoms with van der Waals surface area (Å²) >= 11 is 3.31. The number of aliphatic carboxylic acids is 1. The van der Waals surface area contributed by atoms with Gasteiger partial charge in [-0.1, -0.05) is 0 Å².